The fraction of sp³-hybridized carbons (Fsp3) is 0.714. The lowest BCUT2D eigenvalue weighted by Crippen LogP contribution is -2.33. The van der Waals surface area contributed by atoms with Crippen LogP contribution in [0.15, 0.2) is 11.1 Å². The van der Waals surface area contributed by atoms with Crippen molar-refractivity contribution in [2.24, 2.45) is 7.05 Å². The lowest BCUT2D eigenvalue weighted by molar-refractivity contribution is 0.381. The first-order valence-corrected chi connectivity index (χ1v) is 3.54. The lowest BCUT2D eigenvalue weighted by Gasteiger charge is -2.17. The van der Waals surface area contributed by atoms with Crippen molar-refractivity contribution >= 4 is 0 Å². The Balaban J connectivity index is 3.27. The van der Waals surface area contributed by atoms with E-state index in [0.29, 0.717) is 0 Å². The number of hydrogen-bond acceptors (Lipinski definition) is 2. The van der Waals surface area contributed by atoms with Gasteiger partial charge in [-0.1, -0.05) is 0 Å². The van der Waals surface area contributed by atoms with Crippen LogP contribution in [0.3, 0.4) is 0 Å². The van der Waals surface area contributed by atoms with Crippen molar-refractivity contribution in [3.8, 4) is 0 Å². The van der Waals surface area contributed by atoms with Gasteiger partial charge < -0.3 is 0 Å². The van der Waals surface area contributed by atoms with Gasteiger partial charge in [-0.25, -0.2) is 9.48 Å². The summed E-state index contributed by atoms with van der Waals surface area (Å²) in [4.78, 5) is 11.3. The molecule has 0 radical (unpaired) electrons. The molecule has 0 aliphatic rings. The van der Waals surface area contributed by atoms with Gasteiger partial charge in [0, 0.05) is 12.6 Å². The van der Waals surface area contributed by atoms with E-state index in [9.17, 15) is 4.79 Å². The standard InChI is InChI=1S/C7H13N3O/c1-7(2,3)10-5-8-9(4)6(10)11/h5H,1-4H3. The maximum Gasteiger partial charge on any atom is 0.345 e. The predicted molar refractivity (Wildman–Crippen MR) is 42.5 cm³/mol. The van der Waals surface area contributed by atoms with E-state index in [0.717, 1.165) is 0 Å². The molecule has 0 N–H and O–H groups in total. The molecule has 1 heterocycles. The second-order valence-corrected chi connectivity index (χ2v) is 3.58. The molecule has 62 valence electrons. The summed E-state index contributed by atoms with van der Waals surface area (Å²) < 4.78 is 2.93. The van der Waals surface area contributed by atoms with Crippen LogP contribution in [0.4, 0.5) is 0 Å². The van der Waals surface area contributed by atoms with Gasteiger partial charge in [-0.15, -0.1) is 0 Å². The highest BCUT2D eigenvalue weighted by atomic mass is 16.2. The summed E-state index contributed by atoms with van der Waals surface area (Å²) in [6.07, 6.45) is 1.56. The molecule has 1 aromatic rings. The molecule has 0 spiro atoms. The molecule has 0 saturated heterocycles. The zero-order valence-corrected chi connectivity index (χ0v) is 7.33. The van der Waals surface area contributed by atoms with Crippen molar-refractivity contribution in [3.63, 3.8) is 0 Å². The SMILES string of the molecule is Cn1ncn(C(C)(C)C)c1=O. The molecule has 1 rings (SSSR count). The Morgan fingerprint density at radius 3 is 2.18 bits per heavy atom. The van der Waals surface area contributed by atoms with E-state index in [2.05, 4.69) is 5.10 Å². The van der Waals surface area contributed by atoms with Crippen molar-refractivity contribution in [1.29, 1.82) is 0 Å². The van der Waals surface area contributed by atoms with E-state index in [-0.39, 0.29) is 11.2 Å². The van der Waals surface area contributed by atoms with Gasteiger partial charge in [0.2, 0.25) is 0 Å². The molecule has 0 aliphatic heterocycles. The molecule has 0 bridgehead atoms. The zero-order valence-electron chi connectivity index (χ0n) is 7.33. The van der Waals surface area contributed by atoms with Crippen LogP contribution in [0.25, 0.3) is 0 Å². The fourth-order valence-electron chi connectivity index (χ4n) is 0.844. The summed E-state index contributed by atoms with van der Waals surface area (Å²) in [5.41, 5.74) is -0.247. The van der Waals surface area contributed by atoms with Crippen LogP contribution in [0.1, 0.15) is 20.8 Å². The summed E-state index contributed by atoms with van der Waals surface area (Å²) in [6, 6.07) is 0. The monoisotopic (exact) mass is 155 g/mol. The normalized spacial score (nSPS) is 12.0. The minimum atomic E-state index is -0.175. The molecular weight excluding hydrogens is 142 g/mol. The lowest BCUT2D eigenvalue weighted by atomic mass is 10.1. The largest absolute Gasteiger partial charge is 0.345 e. The summed E-state index contributed by atoms with van der Waals surface area (Å²) in [5, 5.41) is 3.85. The summed E-state index contributed by atoms with van der Waals surface area (Å²) in [6.45, 7) is 5.90. The van der Waals surface area contributed by atoms with E-state index < -0.39 is 0 Å². The van der Waals surface area contributed by atoms with Crippen LogP contribution in [0.5, 0.6) is 0 Å². The van der Waals surface area contributed by atoms with Crippen molar-refractivity contribution in [3.05, 3.63) is 16.8 Å². The molecule has 0 aliphatic carbocycles. The molecule has 0 fully saturated rings. The van der Waals surface area contributed by atoms with E-state index in [4.69, 9.17) is 0 Å². The van der Waals surface area contributed by atoms with Gasteiger partial charge in [-0.05, 0) is 20.8 Å². The first-order chi connectivity index (χ1) is 4.93. The Morgan fingerprint density at radius 2 is 2.00 bits per heavy atom. The van der Waals surface area contributed by atoms with Gasteiger partial charge in [-0.3, -0.25) is 4.57 Å². The molecular formula is C7H13N3O. The van der Waals surface area contributed by atoms with Gasteiger partial charge in [0.05, 0.1) is 0 Å². The molecule has 0 aromatic carbocycles. The van der Waals surface area contributed by atoms with Crippen molar-refractivity contribution < 1.29 is 0 Å². The molecule has 4 nitrogen and oxygen atoms in total. The van der Waals surface area contributed by atoms with Crippen molar-refractivity contribution in [2.75, 3.05) is 0 Å². The third kappa shape index (κ3) is 1.34. The van der Waals surface area contributed by atoms with Crippen LogP contribution < -0.4 is 5.69 Å². The minimum absolute atomic E-state index is 0.0718. The van der Waals surface area contributed by atoms with Gasteiger partial charge in [0.1, 0.15) is 6.33 Å². The fourth-order valence-corrected chi connectivity index (χ4v) is 0.844. The summed E-state index contributed by atoms with van der Waals surface area (Å²) in [7, 11) is 1.64. The van der Waals surface area contributed by atoms with E-state index in [1.165, 1.54) is 4.68 Å². The Bertz CT molecular complexity index is 302. The quantitative estimate of drug-likeness (QED) is 0.542. The molecule has 0 saturated carbocycles. The van der Waals surface area contributed by atoms with Gasteiger partial charge in [0.15, 0.2) is 0 Å². The van der Waals surface area contributed by atoms with Gasteiger partial charge in [0.25, 0.3) is 0 Å². The zero-order chi connectivity index (χ0) is 8.65. The third-order valence-corrected chi connectivity index (χ3v) is 1.55. The Labute approximate surface area is 65.5 Å². The topological polar surface area (TPSA) is 39.8 Å². The molecule has 4 heteroatoms. The van der Waals surface area contributed by atoms with Crippen LogP contribution in [0.2, 0.25) is 0 Å². The second kappa shape index (κ2) is 2.22. The Kier molecular flexibility index (Phi) is 1.62. The molecule has 11 heavy (non-hydrogen) atoms. The van der Waals surface area contributed by atoms with Crippen molar-refractivity contribution in [1.82, 2.24) is 14.3 Å². The third-order valence-electron chi connectivity index (χ3n) is 1.55. The van der Waals surface area contributed by atoms with E-state index in [1.54, 1.807) is 17.9 Å². The Morgan fingerprint density at radius 1 is 1.45 bits per heavy atom. The van der Waals surface area contributed by atoms with Crippen molar-refractivity contribution in [2.45, 2.75) is 26.3 Å². The summed E-state index contributed by atoms with van der Waals surface area (Å²) >= 11 is 0. The van der Waals surface area contributed by atoms with E-state index >= 15 is 0 Å². The molecule has 0 amide bonds. The first kappa shape index (κ1) is 8.04. The first-order valence-electron chi connectivity index (χ1n) is 3.54. The number of rotatable bonds is 0. The highest BCUT2D eigenvalue weighted by Crippen LogP contribution is 2.08. The van der Waals surface area contributed by atoms with Gasteiger partial charge >= 0.3 is 5.69 Å². The maximum absolute atomic E-state index is 11.3. The summed E-state index contributed by atoms with van der Waals surface area (Å²) in [5.74, 6) is 0. The molecule has 0 atom stereocenters. The van der Waals surface area contributed by atoms with Crippen LogP contribution in [-0.4, -0.2) is 14.3 Å². The van der Waals surface area contributed by atoms with Crippen LogP contribution in [0, 0.1) is 0 Å². The molecule has 1 aromatic heterocycles. The van der Waals surface area contributed by atoms with Crippen LogP contribution >= 0.6 is 0 Å². The number of aryl methyl sites for hydroxylation is 1. The van der Waals surface area contributed by atoms with E-state index in [1.807, 2.05) is 20.8 Å². The highest BCUT2D eigenvalue weighted by Gasteiger charge is 2.15. The van der Waals surface area contributed by atoms with Gasteiger partial charge in [-0.2, -0.15) is 5.10 Å². The minimum Gasteiger partial charge on any atom is -0.276 e. The predicted octanol–water partition coefficient (Wildman–Crippen LogP) is 0.337. The second-order valence-electron chi connectivity index (χ2n) is 3.58. The molecule has 0 unspecified atom stereocenters. The highest BCUT2D eigenvalue weighted by molar-refractivity contribution is 4.78. The number of nitrogens with zero attached hydrogens (tertiary/aromatic N) is 3. The number of hydrogen-bond donors (Lipinski definition) is 0. The average molecular weight is 155 g/mol. The smallest absolute Gasteiger partial charge is 0.276 e. The van der Waals surface area contributed by atoms with Crippen LogP contribution in [-0.2, 0) is 12.6 Å². The average Bonchev–Trinajstić information content (AvgIpc) is 2.11. The maximum atomic E-state index is 11.3. The Hall–Kier alpha value is -1.06. The number of aromatic nitrogens is 3.